The molecule has 0 unspecified atom stereocenters. The molecule has 0 aliphatic heterocycles. The minimum Gasteiger partial charge on any atom is -0.300 e. The molecule has 6 heteroatoms. The van der Waals surface area contributed by atoms with E-state index in [4.69, 9.17) is 0 Å². The van der Waals surface area contributed by atoms with Crippen LogP contribution in [0.1, 0.15) is 48.6 Å². The molecule has 3 rings (SSSR count). The average Bonchev–Trinajstić information content (AvgIpc) is 2.99. The van der Waals surface area contributed by atoms with E-state index in [0.29, 0.717) is 16.6 Å². The van der Waals surface area contributed by atoms with Gasteiger partial charge in [-0.05, 0) is 24.5 Å². The van der Waals surface area contributed by atoms with Crippen LogP contribution in [-0.4, -0.2) is 16.1 Å². The Kier molecular flexibility index (Phi) is 4.77. The Morgan fingerprint density at radius 1 is 1.23 bits per heavy atom. The van der Waals surface area contributed by atoms with Gasteiger partial charge in [0.25, 0.3) is 0 Å². The van der Waals surface area contributed by atoms with E-state index in [1.807, 2.05) is 0 Å². The van der Waals surface area contributed by atoms with Gasteiger partial charge in [-0.25, -0.2) is 4.39 Å². The van der Waals surface area contributed by atoms with Crippen LogP contribution in [0.15, 0.2) is 24.3 Å². The maximum atomic E-state index is 13.5. The molecule has 4 nitrogen and oxygen atoms in total. The topological polar surface area (TPSA) is 54.9 Å². The molecule has 1 aliphatic rings. The van der Waals surface area contributed by atoms with E-state index in [1.54, 1.807) is 18.2 Å². The lowest BCUT2D eigenvalue weighted by atomic mass is 9.90. The normalized spacial score (nSPS) is 15.7. The summed E-state index contributed by atoms with van der Waals surface area (Å²) in [5.74, 6) is -0.155. The summed E-state index contributed by atoms with van der Waals surface area (Å²) >= 11 is 1.43. The Hall–Kier alpha value is -1.82. The number of hydrogen-bond acceptors (Lipinski definition) is 4. The van der Waals surface area contributed by atoms with Gasteiger partial charge >= 0.3 is 0 Å². The predicted octanol–water partition coefficient (Wildman–Crippen LogP) is 3.91. The number of carbonyl (C=O) groups excluding carboxylic acids is 1. The molecule has 22 heavy (non-hydrogen) atoms. The highest BCUT2D eigenvalue weighted by atomic mass is 32.1. The molecule has 1 fully saturated rings. The van der Waals surface area contributed by atoms with E-state index in [0.717, 1.165) is 17.8 Å². The monoisotopic (exact) mass is 319 g/mol. The Balaban J connectivity index is 1.60. The van der Waals surface area contributed by atoms with Crippen LogP contribution < -0.4 is 5.32 Å². The first-order valence-electron chi connectivity index (χ1n) is 7.59. The number of aromatic nitrogens is 2. The molecule has 0 radical (unpaired) electrons. The first-order valence-corrected chi connectivity index (χ1v) is 8.40. The van der Waals surface area contributed by atoms with Crippen LogP contribution in [0.25, 0.3) is 0 Å². The van der Waals surface area contributed by atoms with Crippen LogP contribution in [0.3, 0.4) is 0 Å². The van der Waals surface area contributed by atoms with E-state index < -0.39 is 0 Å². The van der Waals surface area contributed by atoms with Gasteiger partial charge in [0.15, 0.2) is 0 Å². The summed E-state index contributed by atoms with van der Waals surface area (Å²) in [5.41, 5.74) is 0.386. The highest BCUT2D eigenvalue weighted by Gasteiger charge is 2.20. The zero-order valence-corrected chi connectivity index (χ0v) is 13.0. The highest BCUT2D eigenvalue weighted by Crippen LogP contribution is 2.35. The van der Waals surface area contributed by atoms with Gasteiger partial charge in [0.1, 0.15) is 10.8 Å². The third kappa shape index (κ3) is 3.68. The largest absolute Gasteiger partial charge is 0.300 e. The maximum Gasteiger partial charge on any atom is 0.230 e. The van der Waals surface area contributed by atoms with Crippen molar-refractivity contribution in [2.45, 2.75) is 44.4 Å². The van der Waals surface area contributed by atoms with E-state index in [-0.39, 0.29) is 18.1 Å². The molecule has 0 atom stereocenters. The number of nitrogens with one attached hydrogen (secondary N) is 1. The van der Waals surface area contributed by atoms with Crippen molar-refractivity contribution in [3.63, 3.8) is 0 Å². The van der Waals surface area contributed by atoms with Crippen LogP contribution in [0.2, 0.25) is 0 Å². The SMILES string of the molecule is O=C(Cc1ccccc1F)Nc1nnc(C2CCCCC2)s1. The van der Waals surface area contributed by atoms with Crippen molar-refractivity contribution < 1.29 is 9.18 Å². The fraction of sp³-hybridized carbons (Fsp3) is 0.438. The number of carbonyl (C=O) groups is 1. The van der Waals surface area contributed by atoms with E-state index in [1.165, 1.54) is 36.7 Å². The summed E-state index contributed by atoms with van der Waals surface area (Å²) in [6.07, 6.45) is 6.07. The molecule has 1 N–H and O–H groups in total. The quantitative estimate of drug-likeness (QED) is 0.929. The molecule has 116 valence electrons. The van der Waals surface area contributed by atoms with E-state index in [2.05, 4.69) is 15.5 Å². The second-order valence-electron chi connectivity index (χ2n) is 5.60. The molecule has 0 saturated heterocycles. The summed E-state index contributed by atoms with van der Waals surface area (Å²) in [7, 11) is 0. The number of benzene rings is 1. The number of halogens is 1. The molecular weight excluding hydrogens is 301 g/mol. The molecule has 1 amide bonds. The summed E-state index contributed by atoms with van der Waals surface area (Å²) < 4.78 is 13.5. The van der Waals surface area contributed by atoms with Crippen LogP contribution in [0.5, 0.6) is 0 Å². The second kappa shape index (κ2) is 6.96. The lowest BCUT2D eigenvalue weighted by molar-refractivity contribution is -0.115. The summed E-state index contributed by atoms with van der Waals surface area (Å²) in [6, 6.07) is 6.30. The van der Waals surface area contributed by atoms with Gasteiger partial charge in [-0.3, -0.25) is 4.79 Å². The van der Waals surface area contributed by atoms with E-state index >= 15 is 0 Å². The number of anilines is 1. The molecular formula is C16H18FN3OS. The summed E-state index contributed by atoms with van der Waals surface area (Å²) in [6.45, 7) is 0. The van der Waals surface area contributed by atoms with Crippen molar-refractivity contribution in [3.8, 4) is 0 Å². The van der Waals surface area contributed by atoms with Crippen molar-refractivity contribution in [2.75, 3.05) is 5.32 Å². The molecule has 1 aromatic heterocycles. The van der Waals surface area contributed by atoms with Gasteiger partial charge < -0.3 is 5.32 Å². The Morgan fingerprint density at radius 2 is 2.00 bits per heavy atom. The lowest BCUT2D eigenvalue weighted by Crippen LogP contribution is -2.15. The Bertz CT molecular complexity index is 652. The molecule has 1 aromatic carbocycles. The van der Waals surface area contributed by atoms with Crippen molar-refractivity contribution in [1.82, 2.24) is 10.2 Å². The molecule has 1 heterocycles. The Labute approximate surface area is 132 Å². The average molecular weight is 319 g/mol. The number of hydrogen-bond donors (Lipinski definition) is 1. The smallest absolute Gasteiger partial charge is 0.230 e. The minimum atomic E-state index is -0.363. The molecule has 2 aromatic rings. The van der Waals surface area contributed by atoms with Crippen LogP contribution in [0.4, 0.5) is 9.52 Å². The number of amides is 1. The zero-order valence-electron chi connectivity index (χ0n) is 12.2. The standard InChI is InChI=1S/C16H18FN3OS/c17-13-9-5-4-8-12(13)10-14(21)18-16-20-19-15(22-16)11-6-2-1-3-7-11/h4-5,8-9,11H,1-3,6-7,10H2,(H,18,20,21). The molecule has 1 aliphatic carbocycles. The van der Waals surface area contributed by atoms with Gasteiger partial charge in [-0.1, -0.05) is 48.8 Å². The number of nitrogens with zero attached hydrogens (tertiary/aromatic N) is 2. The van der Waals surface area contributed by atoms with Crippen molar-refractivity contribution in [1.29, 1.82) is 0 Å². The third-order valence-electron chi connectivity index (χ3n) is 3.95. The lowest BCUT2D eigenvalue weighted by Gasteiger charge is -2.18. The van der Waals surface area contributed by atoms with Crippen LogP contribution >= 0.6 is 11.3 Å². The van der Waals surface area contributed by atoms with Crippen LogP contribution in [-0.2, 0) is 11.2 Å². The third-order valence-corrected chi connectivity index (χ3v) is 4.95. The summed E-state index contributed by atoms with van der Waals surface area (Å²) in [4.78, 5) is 12.0. The Morgan fingerprint density at radius 3 is 2.77 bits per heavy atom. The minimum absolute atomic E-state index is 0.00498. The van der Waals surface area contributed by atoms with Crippen molar-refractivity contribution in [3.05, 3.63) is 40.7 Å². The first-order chi connectivity index (χ1) is 10.7. The first kappa shape index (κ1) is 15.1. The predicted molar refractivity (Wildman–Crippen MR) is 84.5 cm³/mol. The fourth-order valence-electron chi connectivity index (χ4n) is 2.78. The molecule has 0 spiro atoms. The van der Waals surface area contributed by atoms with Crippen LogP contribution in [0, 0.1) is 5.82 Å². The molecule has 0 bridgehead atoms. The van der Waals surface area contributed by atoms with Gasteiger partial charge in [0.05, 0.1) is 6.42 Å². The second-order valence-corrected chi connectivity index (χ2v) is 6.61. The van der Waals surface area contributed by atoms with Gasteiger partial charge in [0.2, 0.25) is 11.0 Å². The van der Waals surface area contributed by atoms with Crippen molar-refractivity contribution in [2.24, 2.45) is 0 Å². The maximum absolute atomic E-state index is 13.5. The highest BCUT2D eigenvalue weighted by molar-refractivity contribution is 7.15. The summed E-state index contributed by atoms with van der Waals surface area (Å²) in [5, 5.41) is 12.5. The molecule has 1 saturated carbocycles. The number of rotatable bonds is 4. The zero-order chi connectivity index (χ0) is 15.4. The van der Waals surface area contributed by atoms with Gasteiger partial charge in [-0.15, -0.1) is 10.2 Å². The van der Waals surface area contributed by atoms with Gasteiger partial charge in [0, 0.05) is 5.92 Å². The van der Waals surface area contributed by atoms with E-state index in [9.17, 15) is 9.18 Å². The fourth-order valence-corrected chi connectivity index (χ4v) is 3.71. The van der Waals surface area contributed by atoms with Crippen molar-refractivity contribution >= 4 is 22.4 Å². The van der Waals surface area contributed by atoms with Gasteiger partial charge in [-0.2, -0.15) is 0 Å².